The lowest BCUT2D eigenvalue weighted by atomic mass is 10.0. The third-order valence-corrected chi connectivity index (χ3v) is 3.65. The van der Waals surface area contributed by atoms with E-state index < -0.39 is 0 Å². The second-order valence-electron chi connectivity index (χ2n) is 5.25. The largest absolute Gasteiger partial charge is 0.383 e. The van der Waals surface area contributed by atoms with Gasteiger partial charge < -0.3 is 20.3 Å². The molecule has 0 saturated carbocycles. The van der Waals surface area contributed by atoms with Crippen molar-refractivity contribution in [2.75, 3.05) is 46.4 Å². The number of ether oxygens (including phenoxy) is 1. The molecule has 1 heterocycles. The summed E-state index contributed by atoms with van der Waals surface area (Å²) in [5.41, 5.74) is 0. The molecule has 1 fully saturated rings. The van der Waals surface area contributed by atoms with E-state index in [0.717, 1.165) is 26.1 Å². The first-order valence-electron chi connectivity index (χ1n) is 7.44. The number of methoxy groups -OCH3 is 1. The number of carbonyl (C=O) groups excluding carboxylic acids is 1. The Bertz CT molecular complexity index is 258. The van der Waals surface area contributed by atoms with Gasteiger partial charge in [-0.3, -0.25) is 4.79 Å². The highest BCUT2D eigenvalue weighted by Crippen LogP contribution is 2.15. The Morgan fingerprint density at radius 3 is 2.71 bits per heavy atom. The van der Waals surface area contributed by atoms with Gasteiger partial charge in [-0.05, 0) is 32.7 Å². The third kappa shape index (κ3) is 11.2. The standard InChI is InChI=1S/C14H29N3O2.2ClH/c1-13-6-3-4-9-17(13)10-5-7-16-14(18)12-15-8-11-19-2;;/h13,15H,3-12H2,1-2H3,(H,16,18);2*1H. The summed E-state index contributed by atoms with van der Waals surface area (Å²) in [5.74, 6) is 0.0720. The van der Waals surface area contributed by atoms with Crippen LogP contribution < -0.4 is 10.6 Å². The minimum atomic E-state index is 0. The lowest BCUT2D eigenvalue weighted by molar-refractivity contribution is -0.120. The van der Waals surface area contributed by atoms with Crippen molar-refractivity contribution in [3.63, 3.8) is 0 Å². The Labute approximate surface area is 141 Å². The molecule has 1 atom stereocenters. The van der Waals surface area contributed by atoms with Crippen molar-refractivity contribution in [3.05, 3.63) is 0 Å². The van der Waals surface area contributed by atoms with Crippen LogP contribution in [0, 0.1) is 0 Å². The van der Waals surface area contributed by atoms with Crippen LogP contribution >= 0.6 is 24.8 Å². The normalized spacial score (nSPS) is 18.5. The van der Waals surface area contributed by atoms with Crippen LogP contribution in [0.25, 0.3) is 0 Å². The van der Waals surface area contributed by atoms with Crippen LogP contribution in [0.4, 0.5) is 0 Å². The number of likely N-dealkylation sites (tertiary alicyclic amines) is 1. The molecule has 1 amide bonds. The molecule has 1 saturated heterocycles. The molecule has 0 radical (unpaired) electrons. The van der Waals surface area contributed by atoms with Gasteiger partial charge in [-0.15, -0.1) is 24.8 Å². The maximum absolute atomic E-state index is 11.5. The van der Waals surface area contributed by atoms with E-state index >= 15 is 0 Å². The maximum atomic E-state index is 11.5. The van der Waals surface area contributed by atoms with Crippen LogP contribution in [0.3, 0.4) is 0 Å². The van der Waals surface area contributed by atoms with Gasteiger partial charge in [-0.1, -0.05) is 6.42 Å². The Hall–Kier alpha value is -0.0700. The van der Waals surface area contributed by atoms with Gasteiger partial charge in [-0.2, -0.15) is 0 Å². The van der Waals surface area contributed by atoms with Gasteiger partial charge in [0.15, 0.2) is 0 Å². The van der Waals surface area contributed by atoms with Gasteiger partial charge in [0, 0.05) is 32.8 Å². The molecular formula is C14H31Cl2N3O2. The molecular weight excluding hydrogens is 313 g/mol. The first kappa shape index (κ1) is 23.2. The van der Waals surface area contributed by atoms with E-state index in [1.54, 1.807) is 7.11 Å². The first-order chi connectivity index (χ1) is 9.24. The van der Waals surface area contributed by atoms with Crippen LogP contribution in [-0.4, -0.2) is 63.3 Å². The Balaban J connectivity index is 0. The van der Waals surface area contributed by atoms with E-state index in [2.05, 4.69) is 22.5 Å². The summed E-state index contributed by atoms with van der Waals surface area (Å²) >= 11 is 0. The van der Waals surface area contributed by atoms with Gasteiger partial charge in [0.1, 0.15) is 0 Å². The van der Waals surface area contributed by atoms with E-state index in [1.807, 2.05) is 0 Å². The number of halogens is 2. The minimum Gasteiger partial charge on any atom is -0.383 e. The summed E-state index contributed by atoms with van der Waals surface area (Å²) in [7, 11) is 1.66. The highest BCUT2D eigenvalue weighted by atomic mass is 35.5. The molecule has 1 aliphatic rings. The average molecular weight is 344 g/mol. The molecule has 0 aromatic heterocycles. The molecule has 0 aliphatic carbocycles. The number of piperidine rings is 1. The molecule has 21 heavy (non-hydrogen) atoms. The maximum Gasteiger partial charge on any atom is 0.233 e. The zero-order valence-corrected chi connectivity index (χ0v) is 14.9. The van der Waals surface area contributed by atoms with Gasteiger partial charge in [-0.25, -0.2) is 0 Å². The van der Waals surface area contributed by atoms with E-state index in [0.29, 0.717) is 19.2 Å². The van der Waals surface area contributed by atoms with Crippen LogP contribution in [-0.2, 0) is 9.53 Å². The van der Waals surface area contributed by atoms with E-state index in [9.17, 15) is 4.79 Å². The topological polar surface area (TPSA) is 53.6 Å². The molecule has 0 aromatic rings. The number of hydrogen-bond acceptors (Lipinski definition) is 4. The molecule has 5 nitrogen and oxygen atoms in total. The number of hydrogen-bond donors (Lipinski definition) is 2. The molecule has 1 rings (SSSR count). The molecule has 0 spiro atoms. The average Bonchev–Trinajstić information content (AvgIpc) is 2.41. The molecule has 0 bridgehead atoms. The predicted octanol–water partition coefficient (Wildman–Crippen LogP) is 1.45. The van der Waals surface area contributed by atoms with E-state index in [1.165, 1.54) is 25.8 Å². The molecule has 2 N–H and O–H groups in total. The van der Waals surface area contributed by atoms with Crippen molar-refractivity contribution in [1.82, 2.24) is 15.5 Å². The van der Waals surface area contributed by atoms with Crippen molar-refractivity contribution in [2.24, 2.45) is 0 Å². The lowest BCUT2D eigenvalue weighted by Crippen LogP contribution is -2.40. The molecule has 1 unspecified atom stereocenters. The van der Waals surface area contributed by atoms with Crippen LogP contribution in [0.1, 0.15) is 32.6 Å². The summed E-state index contributed by atoms with van der Waals surface area (Å²) in [6, 6.07) is 0.708. The van der Waals surface area contributed by atoms with Crippen LogP contribution in [0.5, 0.6) is 0 Å². The summed E-state index contributed by atoms with van der Waals surface area (Å²) in [6.07, 6.45) is 5.03. The number of nitrogens with one attached hydrogen (secondary N) is 2. The van der Waals surface area contributed by atoms with Gasteiger partial charge in [0.2, 0.25) is 5.91 Å². The SMILES string of the molecule is COCCNCC(=O)NCCCN1CCCCC1C.Cl.Cl. The van der Waals surface area contributed by atoms with E-state index in [-0.39, 0.29) is 30.7 Å². The van der Waals surface area contributed by atoms with Gasteiger partial charge in [0.05, 0.1) is 13.2 Å². The quantitative estimate of drug-likeness (QED) is 0.622. The smallest absolute Gasteiger partial charge is 0.233 e. The van der Waals surface area contributed by atoms with Crippen LogP contribution in [0.2, 0.25) is 0 Å². The highest BCUT2D eigenvalue weighted by molar-refractivity contribution is 5.85. The second-order valence-corrected chi connectivity index (χ2v) is 5.25. The Kier molecular flexibility index (Phi) is 16.4. The number of rotatable bonds is 9. The fraction of sp³-hybridized carbons (Fsp3) is 0.929. The van der Waals surface area contributed by atoms with Crippen molar-refractivity contribution in [3.8, 4) is 0 Å². The number of carbonyl (C=O) groups is 1. The number of amides is 1. The van der Waals surface area contributed by atoms with Gasteiger partial charge >= 0.3 is 0 Å². The fourth-order valence-electron chi connectivity index (χ4n) is 2.44. The van der Waals surface area contributed by atoms with Crippen LogP contribution in [0.15, 0.2) is 0 Å². The highest BCUT2D eigenvalue weighted by Gasteiger charge is 2.17. The summed E-state index contributed by atoms with van der Waals surface area (Å²) in [4.78, 5) is 14.0. The lowest BCUT2D eigenvalue weighted by Gasteiger charge is -2.33. The van der Waals surface area contributed by atoms with Crippen molar-refractivity contribution < 1.29 is 9.53 Å². The monoisotopic (exact) mass is 343 g/mol. The number of nitrogens with zero attached hydrogens (tertiary/aromatic N) is 1. The minimum absolute atomic E-state index is 0. The predicted molar refractivity (Wildman–Crippen MR) is 91.8 cm³/mol. The third-order valence-electron chi connectivity index (χ3n) is 3.65. The molecule has 7 heteroatoms. The summed E-state index contributed by atoms with van der Waals surface area (Å²) in [6.45, 7) is 7.12. The molecule has 128 valence electrons. The molecule has 0 aromatic carbocycles. The zero-order valence-electron chi connectivity index (χ0n) is 13.2. The summed E-state index contributed by atoms with van der Waals surface area (Å²) < 4.78 is 4.90. The Morgan fingerprint density at radius 1 is 1.29 bits per heavy atom. The van der Waals surface area contributed by atoms with Crippen molar-refractivity contribution in [1.29, 1.82) is 0 Å². The Morgan fingerprint density at radius 2 is 2.05 bits per heavy atom. The van der Waals surface area contributed by atoms with Crippen molar-refractivity contribution >= 4 is 30.7 Å². The van der Waals surface area contributed by atoms with Crippen molar-refractivity contribution in [2.45, 2.75) is 38.6 Å². The first-order valence-corrected chi connectivity index (χ1v) is 7.44. The second kappa shape index (κ2) is 14.9. The van der Waals surface area contributed by atoms with E-state index in [4.69, 9.17) is 4.74 Å². The van der Waals surface area contributed by atoms with Gasteiger partial charge in [0.25, 0.3) is 0 Å². The fourth-order valence-corrected chi connectivity index (χ4v) is 2.44. The summed E-state index contributed by atoms with van der Waals surface area (Å²) in [5, 5.41) is 5.98. The zero-order chi connectivity index (χ0) is 13.9. The molecule has 1 aliphatic heterocycles.